The zero-order valence-corrected chi connectivity index (χ0v) is 7.84. The van der Waals surface area contributed by atoms with Gasteiger partial charge in [0.15, 0.2) is 5.78 Å². The summed E-state index contributed by atoms with van der Waals surface area (Å²) < 4.78 is 0. The van der Waals surface area contributed by atoms with Crippen molar-refractivity contribution in [3.8, 4) is 0 Å². The van der Waals surface area contributed by atoms with E-state index in [0.29, 0.717) is 11.4 Å². The van der Waals surface area contributed by atoms with Crippen LogP contribution < -0.4 is 0 Å². The minimum absolute atomic E-state index is 0.224. The fourth-order valence-electron chi connectivity index (χ4n) is 1.53. The van der Waals surface area contributed by atoms with E-state index < -0.39 is 0 Å². The molecule has 0 amide bonds. The highest BCUT2D eigenvalue weighted by molar-refractivity contribution is 6.31. The van der Waals surface area contributed by atoms with Crippen LogP contribution in [0.2, 0.25) is 5.02 Å². The lowest BCUT2D eigenvalue weighted by molar-refractivity contribution is -0.113. The maximum atomic E-state index is 11.4. The van der Waals surface area contributed by atoms with E-state index in [4.69, 9.17) is 11.6 Å². The normalized spacial score (nSPS) is 16.1. The summed E-state index contributed by atoms with van der Waals surface area (Å²) in [4.78, 5) is 11.4. The molecular weight excluding hydrogens is 184 g/mol. The molecule has 13 heavy (non-hydrogen) atoms. The van der Waals surface area contributed by atoms with E-state index in [1.54, 1.807) is 0 Å². The molecule has 0 aromatic heterocycles. The Balaban J connectivity index is 2.41. The second kappa shape index (κ2) is 3.35. The summed E-state index contributed by atoms with van der Waals surface area (Å²) in [6.45, 7) is 0. The Morgan fingerprint density at radius 3 is 2.77 bits per heavy atom. The van der Waals surface area contributed by atoms with Crippen LogP contribution >= 0.6 is 11.6 Å². The number of halogens is 1. The van der Waals surface area contributed by atoms with Crippen molar-refractivity contribution in [2.75, 3.05) is 0 Å². The van der Waals surface area contributed by atoms with Crippen molar-refractivity contribution in [3.05, 3.63) is 40.9 Å². The molecular formula is C11H9ClO. The molecule has 66 valence electrons. The SMILES string of the molecule is O=C1CCC=C1c1cccc(Cl)c1. The molecule has 0 fully saturated rings. The molecule has 0 unspecified atom stereocenters. The Hall–Kier alpha value is -1.08. The first-order valence-electron chi connectivity index (χ1n) is 4.26. The molecule has 1 aliphatic rings. The summed E-state index contributed by atoms with van der Waals surface area (Å²) in [5, 5.41) is 0.679. The number of ketones is 1. The second-order valence-electron chi connectivity index (χ2n) is 3.09. The fraction of sp³-hybridized carbons (Fsp3) is 0.182. The monoisotopic (exact) mass is 192 g/mol. The van der Waals surface area contributed by atoms with E-state index in [1.165, 1.54) is 0 Å². The van der Waals surface area contributed by atoms with Crippen LogP contribution in [0, 0.1) is 0 Å². The first-order valence-corrected chi connectivity index (χ1v) is 4.64. The number of hydrogen-bond donors (Lipinski definition) is 0. The predicted octanol–water partition coefficient (Wildman–Crippen LogP) is 3.09. The Bertz CT molecular complexity index is 379. The molecule has 0 saturated heterocycles. The molecule has 0 atom stereocenters. The highest BCUT2D eigenvalue weighted by Gasteiger charge is 2.16. The predicted molar refractivity (Wildman–Crippen MR) is 53.7 cm³/mol. The zero-order chi connectivity index (χ0) is 9.26. The van der Waals surface area contributed by atoms with Crippen LogP contribution in [0.15, 0.2) is 30.3 Å². The molecule has 2 heteroatoms. The number of hydrogen-bond acceptors (Lipinski definition) is 1. The van der Waals surface area contributed by atoms with Gasteiger partial charge in [0.05, 0.1) is 0 Å². The number of carbonyl (C=O) groups excluding carboxylic acids is 1. The lowest BCUT2D eigenvalue weighted by Gasteiger charge is -2.00. The lowest BCUT2D eigenvalue weighted by atomic mass is 10.1. The molecule has 0 heterocycles. The van der Waals surface area contributed by atoms with Crippen LogP contribution in [0.5, 0.6) is 0 Å². The van der Waals surface area contributed by atoms with Crippen LogP contribution in [0.3, 0.4) is 0 Å². The van der Waals surface area contributed by atoms with Gasteiger partial charge in [-0.1, -0.05) is 29.8 Å². The number of allylic oxidation sites excluding steroid dienone is 2. The maximum absolute atomic E-state index is 11.4. The van der Waals surface area contributed by atoms with Crippen molar-refractivity contribution in [3.63, 3.8) is 0 Å². The maximum Gasteiger partial charge on any atom is 0.163 e. The van der Waals surface area contributed by atoms with E-state index in [2.05, 4.69) is 0 Å². The molecule has 0 N–H and O–H groups in total. The van der Waals surface area contributed by atoms with E-state index >= 15 is 0 Å². The average molecular weight is 193 g/mol. The summed E-state index contributed by atoms with van der Waals surface area (Å²) in [6, 6.07) is 7.42. The van der Waals surface area contributed by atoms with E-state index in [0.717, 1.165) is 17.6 Å². The van der Waals surface area contributed by atoms with E-state index in [9.17, 15) is 4.79 Å². The van der Waals surface area contributed by atoms with Gasteiger partial charge in [0.2, 0.25) is 0 Å². The van der Waals surface area contributed by atoms with Crippen LogP contribution in [-0.2, 0) is 4.79 Å². The third-order valence-corrected chi connectivity index (χ3v) is 2.39. The molecule has 0 saturated carbocycles. The van der Waals surface area contributed by atoms with Crippen molar-refractivity contribution >= 4 is 23.0 Å². The van der Waals surface area contributed by atoms with Gasteiger partial charge in [0, 0.05) is 17.0 Å². The smallest absolute Gasteiger partial charge is 0.163 e. The van der Waals surface area contributed by atoms with Crippen molar-refractivity contribution in [2.24, 2.45) is 0 Å². The first-order chi connectivity index (χ1) is 6.27. The highest BCUT2D eigenvalue weighted by atomic mass is 35.5. The van der Waals surface area contributed by atoms with Crippen LogP contribution in [0.4, 0.5) is 0 Å². The molecule has 1 aromatic rings. The molecule has 0 bridgehead atoms. The van der Waals surface area contributed by atoms with Gasteiger partial charge in [0.25, 0.3) is 0 Å². The summed E-state index contributed by atoms with van der Waals surface area (Å²) in [6.07, 6.45) is 3.48. The third-order valence-electron chi connectivity index (χ3n) is 2.16. The van der Waals surface area contributed by atoms with Gasteiger partial charge in [-0.05, 0) is 24.1 Å². The highest BCUT2D eigenvalue weighted by Crippen LogP contribution is 2.25. The van der Waals surface area contributed by atoms with Crippen molar-refractivity contribution in [1.29, 1.82) is 0 Å². The van der Waals surface area contributed by atoms with Gasteiger partial charge in [0.1, 0.15) is 0 Å². The van der Waals surface area contributed by atoms with Gasteiger partial charge < -0.3 is 0 Å². The largest absolute Gasteiger partial charge is 0.294 e. The van der Waals surface area contributed by atoms with Crippen molar-refractivity contribution in [1.82, 2.24) is 0 Å². The Labute approximate surface area is 82.0 Å². The Kier molecular flexibility index (Phi) is 2.19. The average Bonchev–Trinajstić information content (AvgIpc) is 2.51. The molecule has 1 aromatic carbocycles. The number of rotatable bonds is 1. The van der Waals surface area contributed by atoms with Crippen molar-refractivity contribution in [2.45, 2.75) is 12.8 Å². The Morgan fingerprint density at radius 2 is 2.15 bits per heavy atom. The van der Waals surface area contributed by atoms with Crippen LogP contribution in [-0.4, -0.2) is 5.78 Å². The standard InChI is InChI=1S/C11H9ClO/c12-9-4-1-3-8(7-9)10-5-2-6-11(10)13/h1,3-5,7H,2,6H2. The minimum atomic E-state index is 0.224. The molecule has 2 rings (SSSR count). The summed E-state index contributed by atoms with van der Waals surface area (Å²) in [7, 11) is 0. The number of benzene rings is 1. The zero-order valence-electron chi connectivity index (χ0n) is 7.09. The number of Topliss-reactive ketones (excluding diaryl/α,β-unsaturated/α-hetero) is 1. The van der Waals surface area contributed by atoms with Crippen molar-refractivity contribution < 1.29 is 4.79 Å². The second-order valence-corrected chi connectivity index (χ2v) is 3.53. The summed E-state index contributed by atoms with van der Waals surface area (Å²) in [5.41, 5.74) is 1.76. The lowest BCUT2D eigenvalue weighted by Crippen LogP contribution is -1.94. The Morgan fingerprint density at radius 1 is 1.31 bits per heavy atom. The molecule has 0 radical (unpaired) electrons. The van der Waals surface area contributed by atoms with Crippen LogP contribution in [0.25, 0.3) is 5.57 Å². The van der Waals surface area contributed by atoms with Gasteiger partial charge >= 0.3 is 0 Å². The number of carbonyl (C=O) groups is 1. The first kappa shape index (κ1) is 8.52. The van der Waals surface area contributed by atoms with Gasteiger partial charge in [-0.25, -0.2) is 0 Å². The molecule has 1 aliphatic carbocycles. The molecule has 1 nitrogen and oxygen atoms in total. The minimum Gasteiger partial charge on any atom is -0.294 e. The van der Waals surface area contributed by atoms with Gasteiger partial charge in [-0.3, -0.25) is 4.79 Å². The molecule has 0 spiro atoms. The van der Waals surface area contributed by atoms with E-state index in [1.807, 2.05) is 30.3 Å². The summed E-state index contributed by atoms with van der Waals surface area (Å²) >= 11 is 5.83. The summed E-state index contributed by atoms with van der Waals surface area (Å²) in [5.74, 6) is 0.224. The van der Waals surface area contributed by atoms with Crippen LogP contribution in [0.1, 0.15) is 18.4 Å². The van der Waals surface area contributed by atoms with E-state index in [-0.39, 0.29) is 5.78 Å². The van der Waals surface area contributed by atoms with Gasteiger partial charge in [-0.2, -0.15) is 0 Å². The molecule has 0 aliphatic heterocycles. The fourth-order valence-corrected chi connectivity index (χ4v) is 1.72. The topological polar surface area (TPSA) is 17.1 Å². The third kappa shape index (κ3) is 1.65. The quantitative estimate of drug-likeness (QED) is 0.669. The van der Waals surface area contributed by atoms with Gasteiger partial charge in [-0.15, -0.1) is 0 Å².